The molecule has 0 fully saturated rings. The van der Waals surface area contributed by atoms with Gasteiger partial charge in [-0.2, -0.15) is 0 Å². The van der Waals surface area contributed by atoms with Crippen LogP contribution in [0.2, 0.25) is 0 Å². The Morgan fingerprint density at radius 1 is 1.10 bits per heavy atom. The maximum absolute atomic E-state index is 12.0. The van der Waals surface area contributed by atoms with Gasteiger partial charge in [-0.15, -0.1) is 0 Å². The second-order valence-electron chi connectivity index (χ2n) is 4.78. The minimum absolute atomic E-state index is 0.0755. The molecule has 0 saturated carbocycles. The lowest BCUT2D eigenvalue weighted by Crippen LogP contribution is -2.18. The van der Waals surface area contributed by atoms with Crippen LogP contribution in [-0.2, 0) is 4.79 Å². The number of carbonyl (C=O) groups is 2. The van der Waals surface area contributed by atoms with Crippen molar-refractivity contribution in [3.8, 4) is 0 Å². The minimum Gasteiger partial charge on any atom is -0.444 e. The van der Waals surface area contributed by atoms with Crippen molar-refractivity contribution in [2.24, 2.45) is 5.92 Å². The van der Waals surface area contributed by atoms with Crippen molar-refractivity contribution in [3.63, 3.8) is 0 Å². The summed E-state index contributed by atoms with van der Waals surface area (Å²) in [6, 6.07) is 10.2. The number of carbonyl (C=O) groups excluding carboxylic acids is 2. The van der Waals surface area contributed by atoms with E-state index < -0.39 is 0 Å². The van der Waals surface area contributed by atoms with Crippen LogP contribution >= 0.6 is 15.9 Å². The third-order valence-corrected chi connectivity index (χ3v) is 3.14. The predicted molar refractivity (Wildman–Crippen MR) is 84.3 cm³/mol. The summed E-state index contributed by atoms with van der Waals surface area (Å²) >= 11 is 3.14. The lowest BCUT2D eigenvalue weighted by molar-refractivity contribution is -0.118. The van der Waals surface area contributed by atoms with E-state index in [0.29, 0.717) is 16.0 Å². The first-order valence-electron chi connectivity index (χ1n) is 6.43. The van der Waals surface area contributed by atoms with Crippen LogP contribution in [0.15, 0.2) is 45.5 Å². The van der Waals surface area contributed by atoms with Gasteiger partial charge in [-0.25, -0.2) is 0 Å². The highest BCUT2D eigenvalue weighted by Gasteiger charge is 2.11. The molecular formula is C15H15BrN2O3. The van der Waals surface area contributed by atoms with Gasteiger partial charge in [-0.1, -0.05) is 19.9 Å². The van der Waals surface area contributed by atoms with E-state index in [-0.39, 0.29) is 23.5 Å². The molecule has 21 heavy (non-hydrogen) atoms. The number of anilines is 2. The average Bonchev–Trinajstić information content (AvgIpc) is 2.86. The van der Waals surface area contributed by atoms with Gasteiger partial charge in [0.15, 0.2) is 10.4 Å². The molecule has 0 aliphatic rings. The molecule has 5 nitrogen and oxygen atoms in total. The molecule has 0 aliphatic carbocycles. The lowest BCUT2D eigenvalue weighted by atomic mass is 10.2. The molecule has 1 aromatic carbocycles. The van der Waals surface area contributed by atoms with E-state index in [0.717, 1.165) is 0 Å². The third-order valence-electron chi connectivity index (χ3n) is 2.71. The Labute approximate surface area is 130 Å². The molecule has 110 valence electrons. The highest BCUT2D eigenvalue weighted by Crippen LogP contribution is 2.19. The molecule has 2 amide bonds. The van der Waals surface area contributed by atoms with Gasteiger partial charge in [0.2, 0.25) is 5.91 Å². The van der Waals surface area contributed by atoms with E-state index in [1.54, 1.807) is 36.4 Å². The first kappa shape index (κ1) is 15.3. The first-order chi connectivity index (χ1) is 9.95. The van der Waals surface area contributed by atoms with Crippen LogP contribution in [0.3, 0.4) is 0 Å². The number of benzene rings is 1. The number of amides is 2. The highest BCUT2D eigenvalue weighted by molar-refractivity contribution is 9.10. The molecule has 0 bridgehead atoms. The quantitative estimate of drug-likeness (QED) is 0.878. The lowest BCUT2D eigenvalue weighted by Gasteiger charge is -2.09. The van der Waals surface area contributed by atoms with E-state index >= 15 is 0 Å². The van der Waals surface area contributed by atoms with Gasteiger partial charge in [0.25, 0.3) is 5.91 Å². The summed E-state index contributed by atoms with van der Waals surface area (Å²) in [5.74, 6) is -0.330. The highest BCUT2D eigenvalue weighted by atomic mass is 79.9. The molecular weight excluding hydrogens is 336 g/mol. The van der Waals surface area contributed by atoms with E-state index in [4.69, 9.17) is 4.42 Å². The number of hydrogen-bond donors (Lipinski definition) is 2. The van der Waals surface area contributed by atoms with Crippen LogP contribution in [0.1, 0.15) is 24.4 Å². The molecule has 2 N–H and O–H groups in total. The predicted octanol–water partition coefficient (Wildman–Crippen LogP) is 3.89. The molecule has 0 spiro atoms. The van der Waals surface area contributed by atoms with Crippen LogP contribution in [0.5, 0.6) is 0 Å². The Kier molecular flexibility index (Phi) is 4.80. The van der Waals surface area contributed by atoms with Crippen LogP contribution in [0.25, 0.3) is 0 Å². The molecule has 1 heterocycles. The van der Waals surface area contributed by atoms with Crippen molar-refractivity contribution < 1.29 is 14.0 Å². The van der Waals surface area contributed by atoms with Crippen molar-refractivity contribution in [1.29, 1.82) is 0 Å². The standard InChI is InChI=1S/C15H15BrN2O3/c1-9(2)14(19)17-10-4-3-5-11(8-10)18-15(20)12-6-7-13(16)21-12/h3-9H,1-2H3,(H,17,19)(H,18,20). The summed E-state index contributed by atoms with van der Waals surface area (Å²) in [7, 11) is 0. The molecule has 0 unspecified atom stereocenters. The Hall–Kier alpha value is -2.08. The van der Waals surface area contributed by atoms with Gasteiger partial charge < -0.3 is 15.1 Å². The molecule has 2 aromatic rings. The maximum atomic E-state index is 12.0. The van der Waals surface area contributed by atoms with E-state index in [2.05, 4.69) is 26.6 Å². The largest absolute Gasteiger partial charge is 0.444 e. The van der Waals surface area contributed by atoms with Gasteiger partial charge in [0.1, 0.15) is 0 Å². The summed E-state index contributed by atoms with van der Waals surface area (Å²) in [4.78, 5) is 23.6. The summed E-state index contributed by atoms with van der Waals surface area (Å²) in [6.07, 6.45) is 0. The molecule has 0 saturated heterocycles. The van der Waals surface area contributed by atoms with Crippen LogP contribution in [-0.4, -0.2) is 11.8 Å². The van der Waals surface area contributed by atoms with Crippen LogP contribution in [0.4, 0.5) is 11.4 Å². The van der Waals surface area contributed by atoms with Gasteiger partial charge >= 0.3 is 0 Å². The molecule has 6 heteroatoms. The van der Waals surface area contributed by atoms with Gasteiger partial charge in [-0.3, -0.25) is 9.59 Å². The van der Waals surface area contributed by atoms with Crippen molar-refractivity contribution in [1.82, 2.24) is 0 Å². The van der Waals surface area contributed by atoms with Gasteiger partial charge in [0, 0.05) is 17.3 Å². The Bertz CT molecular complexity index is 664. The van der Waals surface area contributed by atoms with E-state index in [9.17, 15) is 9.59 Å². The Balaban J connectivity index is 2.07. The number of halogens is 1. The third kappa shape index (κ3) is 4.19. The number of rotatable bonds is 4. The van der Waals surface area contributed by atoms with Crippen LogP contribution in [0, 0.1) is 5.92 Å². The smallest absolute Gasteiger partial charge is 0.291 e. The molecule has 1 aromatic heterocycles. The van der Waals surface area contributed by atoms with E-state index in [1.807, 2.05) is 13.8 Å². The number of furan rings is 1. The fraction of sp³-hybridized carbons (Fsp3) is 0.200. The fourth-order valence-electron chi connectivity index (χ4n) is 1.59. The molecule has 0 aliphatic heterocycles. The zero-order chi connectivity index (χ0) is 15.4. The van der Waals surface area contributed by atoms with Crippen molar-refractivity contribution in [3.05, 3.63) is 46.8 Å². The zero-order valence-corrected chi connectivity index (χ0v) is 13.2. The minimum atomic E-state index is -0.354. The topological polar surface area (TPSA) is 71.3 Å². The van der Waals surface area contributed by atoms with Gasteiger partial charge in [0.05, 0.1) is 0 Å². The maximum Gasteiger partial charge on any atom is 0.291 e. The normalized spacial score (nSPS) is 10.5. The Morgan fingerprint density at radius 3 is 2.33 bits per heavy atom. The Morgan fingerprint density at radius 2 is 1.76 bits per heavy atom. The molecule has 2 rings (SSSR count). The summed E-state index contributed by atoms with van der Waals surface area (Å²) in [5.41, 5.74) is 1.21. The van der Waals surface area contributed by atoms with Crippen molar-refractivity contribution >= 4 is 39.1 Å². The summed E-state index contributed by atoms with van der Waals surface area (Å²) < 4.78 is 5.67. The zero-order valence-electron chi connectivity index (χ0n) is 11.6. The van der Waals surface area contributed by atoms with Crippen molar-refractivity contribution in [2.75, 3.05) is 10.6 Å². The monoisotopic (exact) mass is 350 g/mol. The van der Waals surface area contributed by atoms with Crippen LogP contribution < -0.4 is 10.6 Å². The SMILES string of the molecule is CC(C)C(=O)Nc1cccc(NC(=O)c2ccc(Br)o2)c1. The second kappa shape index (κ2) is 6.58. The fourth-order valence-corrected chi connectivity index (χ4v) is 1.90. The average molecular weight is 351 g/mol. The number of nitrogens with one attached hydrogen (secondary N) is 2. The first-order valence-corrected chi connectivity index (χ1v) is 7.22. The van der Waals surface area contributed by atoms with E-state index in [1.165, 1.54) is 0 Å². The molecule has 0 atom stereocenters. The summed E-state index contributed by atoms with van der Waals surface area (Å²) in [6.45, 7) is 3.63. The van der Waals surface area contributed by atoms with Gasteiger partial charge in [-0.05, 0) is 46.3 Å². The number of hydrogen-bond acceptors (Lipinski definition) is 3. The molecule has 0 radical (unpaired) electrons. The second-order valence-corrected chi connectivity index (χ2v) is 5.56. The summed E-state index contributed by atoms with van der Waals surface area (Å²) in [5, 5.41) is 5.49. The van der Waals surface area contributed by atoms with Crippen molar-refractivity contribution in [2.45, 2.75) is 13.8 Å².